The summed E-state index contributed by atoms with van der Waals surface area (Å²) in [6.45, 7) is 7.05. The van der Waals surface area contributed by atoms with Crippen LogP contribution in [-0.4, -0.2) is 71.8 Å². The van der Waals surface area contributed by atoms with Crippen LogP contribution in [0.15, 0.2) is 30.5 Å². The molecule has 36 heavy (non-hydrogen) atoms. The molecule has 2 aromatic heterocycles. The third-order valence-corrected chi connectivity index (χ3v) is 7.22. The average molecular weight is 530 g/mol. The lowest BCUT2D eigenvalue weighted by Crippen LogP contribution is -2.60. The van der Waals surface area contributed by atoms with Gasteiger partial charge in [-0.1, -0.05) is 0 Å². The van der Waals surface area contributed by atoms with Crippen LogP contribution < -0.4 is 15.0 Å². The molecule has 1 N–H and O–H groups in total. The fraction of sp³-hybridized carbons (Fsp3) is 0.522. The first-order valence-corrected chi connectivity index (χ1v) is 13.0. The lowest BCUT2D eigenvalue weighted by atomic mass is 10.1. The van der Waals surface area contributed by atoms with Crippen LogP contribution in [0.1, 0.15) is 34.6 Å². The Hall–Kier alpha value is -2.93. The van der Waals surface area contributed by atoms with E-state index in [1.807, 2.05) is 0 Å². The normalized spacial score (nSPS) is 17.7. The Morgan fingerprint density at radius 3 is 2.44 bits per heavy atom. The molecular formula is C23H30F3N5O4S. The molecule has 0 saturated carbocycles. The predicted octanol–water partition coefficient (Wildman–Crippen LogP) is 3.68. The molecule has 0 aliphatic carbocycles. The maximum atomic E-state index is 14.1. The number of alkyl halides is 3. The van der Waals surface area contributed by atoms with Gasteiger partial charge in [-0.05, 0) is 57.0 Å². The highest BCUT2D eigenvalue weighted by Gasteiger charge is 2.49. The summed E-state index contributed by atoms with van der Waals surface area (Å²) in [6, 6.07) is 4.24. The van der Waals surface area contributed by atoms with Gasteiger partial charge in [0.1, 0.15) is 23.3 Å². The number of nitrogens with zero attached hydrogens (tertiary/aromatic N) is 4. The molecule has 1 saturated heterocycles. The Morgan fingerprint density at radius 2 is 1.86 bits per heavy atom. The molecule has 2 aromatic rings. The predicted molar refractivity (Wildman–Crippen MR) is 130 cm³/mol. The van der Waals surface area contributed by atoms with Crippen molar-refractivity contribution in [3.05, 3.63) is 30.5 Å². The summed E-state index contributed by atoms with van der Waals surface area (Å²) in [5.74, 6) is -0.214. The minimum Gasteiger partial charge on any atom is -0.472 e. The first kappa shape index (κ1) is 27.7. The Morgan fingerprint density at radius 1 is 1.17 bits per heavy atom. The highest BCUT2D eigenvalue weighted by Crippen LogP contribution is 2.36. The van der Waals surface area contributed by atoms with Crippen LogP contribution in [0.25, 0.3) is 11.1 Å². The number of pyridine rings is 2. The zero-order valence-electron chi connectivity index (χ0n) is 20.8. The van der Waals surface area contributed by atoms with E-state index in [0.29, 0.717) is 11.1 Å². The Labute approximate surface area is 208 Å². The standard InChI is InChI=1S/C23H30F3N5O4S/c1-6-36(33,34)30-9-10-31(18(14-30)23(24,25)26)20-12-17(13-21(29-20)35-22(3,4)5)16-7-8-27-19(11-16)28-15(2)32/h7-8,11-13,18H,6,9-10,14H2,1-5H3,(H,27,28,32). The molecular weight excluding hydrogens is 499 g/mol. The van der Waals surface area contributed by atoms with Crippen molar-refractivity contribution < 1.29 is 31.1 Å². The molecule has 1 unspecified atom stereocenters. The molecule has 0 spiro atoms. The molecule has 1 aliphatic rings. The van der Waals surface area contributed by atoms with Crippen molar-refractivity contribution in [2.24, 2.45) is 0 Å². The quantitative estimate of drug-likeness (QED) is 0.609. The van der Waals surface area contributed by atoms with E-state index in [1.54, 1.807) is 39.0 Å². The van der Waals surface area contributed by atoms with Gasteiger partial charge in [0, 0.05) is 38.8 Å². The SMILES string of the molecule is CCS(=O)(=O)N1CCN(c2cc(-c3ccnc(NC(C)=O)c3)cc(OC(C)(C)C)n2)C(C(F)(F)F)C1. The van der Waals surface area contributed by atoms with Crippen molar-refractivity contribution >= 4 is 27.6 Å². The van der Waals surface area contributed by atoms with Gasteiger partial charge in [0.15, 0.2) is 0 Å². The van der Waals surface area contributed by atoms with Gasteiger partial charge in [-0.25, -0.2) is 13.4 Å². The fourth-order valence-corrected chi connectivity index (χ4v) is 4.87. The maximum Gasteiger partial charge on any atom is 0.410 e. The number of amides is 1. The first-order chi connectivity index (χ1) is 16.6. The molecule has 0 radical (unpaired) electrons. The van der Waals surface area contributed by atoms with Gasteiger partial charge in [-0.2, -0.15) is 22.5 Å². The number of ether oxygens (including phenoxy) is 1. The van der Waals surface area contributed by atoms with Crippen LogP contribution in [-0.2, 0) is 14.8 Å². The van der Waals surface area contributed by atoms with E-state index in [9.17, 15) is 26.4 Å². The number of anilines is 2. The molecule has 0 aromatic carbocycles. The highest BCUT2D eigenvalue weighted by atomic mass is 32.2. The van der Waals surface area contributed by atoms with E-state index in [2.05, 4.69) is 15.3 Å². The summed E-state index contributed by atoms with van der Waals surface area (Å²) in [4.78, 5) is 20.9. The number of carbonyl (C=O) groups is 1. The smallest absolute Gasteiger partial charge is 0.410 e. The molecule has 1 atom stereocenters. The third kappa shape index (κ3) is 6.84. The number of nitrogens with one attached hydrogen (secondary N) is 1. The highest BCUT2D eigenvalue weighted by molar-refractivity contribution is 7.89. The zero-order valence-corrected chi connectivity index (χ0v) is 21.6. The minimum absolute atomic E-state index is 0.000473. The molecule has 3 heterocycles. The van der Waals surface area contributed by atoms with E-state index in [-0.39, 0.29) is 42.3 Å². The summed E-state index contributed by atoms with van der Waals surface area (Å²) < 4.78 is 73.8. The Bertz CT molecular complexity index is 1210. The third-order valence-electron chi connectivity index (χ3n) is 5.37. The largest absolute Gasteiger partial charge is 0.472 e. The lowest BCUT2D eigenvalue weighted by molar-refractivity contribution is -0.153. The van der Waals surface area contributed by atoms with Crippen molar-refractivity contribution in [2.45, 2.75) is 52.4 Å². The first-order valence-electron chi connectivity index (χ1n) is 11.4. The number of carbonyl (C=O) groups excluding carboxylic acids is 1. The lowest BCUT2D eigenvalue weighted by Gasteiger charge is -2.42. The van der Waals surface area contributed by atoms with Crippen LogP contribution >= 0.6 is 0 Å². The molecule has 1 amide bonds. The summed E-state index contributed by atoms with van der Waals surface area (Å²) in [5, 5.41) is 2.58. The van der Waals surface area contributed by atoms with Crippen LogP contribution in [0.3, 0.4) is 0 Å². The average Bonchev–Trinajstić information content (AvgIpc) is 2.76. The monoisotopic (exact) mass is 529 g/mol. The molecule has 13 heteroatoms. The molecule has 198 valence electrons. The second-order valence-electron chi connectivity index (χ2n) is 9.39. The van der Waals surface area contributed by atoms with Crippen molar-refractivity contribution in [1.82, 2.24) is 14.3 Å². The number of hydrogen-bond acceptors (Lipinski definition) is 7. The van der Waals surface area contributed by atoms with Gasteiger partial charge in [0.25, 0.3) is 0 Å². The molecule has 9 nitrogen and oxygen atoms in total. The maximum absolute atomic E-state index is 14.1. The fourth-order valence-electron chi connectivity index (χ4n) is 3.78. The topological polar surface area (TPSA) is 105 Å². The number of piperazine rings is 1. The van der Waals surface area contributed by atoms with Crippen molar-refractivity contribution in [1.29, 1.82) is 0 Å². The van der Waals surface area contributed by atoms with E-state index in [4.69, 9.17) is 4.74 Å². The van der Waals surface area contributed by atoms with Crippen LogP contribution in [0.2, 0.25) is 0 Å². The number of aromatic nitrogens is 2. The summed E-state index contributed by atoms with van der Waals surface area (Å²) in [5.41, 5.74) is 0.393. The summed E-state index contributed by atoms with van der Waals surface area (Å²) in [7, 11) is -3.80. The molecule has 1 fully saturated rings. The van der Waals surface area contributed by atoms with Gasteiger partial charge in [0.2, 0.25) is 21.8 Å². The minimum atomic E-state index is -4.71. The second-order valence-corrected chi connectivity index (χ2v) is 11.6. The molecule has 3 rings (SSSR count). The zero-order chi connectivity index (χ0) is 26.9. The van der Waals surface area contributed by atoms with Crippen LogP contribution in [0.4, 0.5) is 24.8 Å². The number of halogens is 3. The summed E-state index contributed by atoms with van der Waals surface area (Å²) in [6.07, 6.45) is -3.24. The van der Waals surface area contributed by atoms with Gasteiger partial charge in [-0.3, -0.25) is 4.79 Å². The number of rotatable bonds is 6. The number of sulfonamides is 1. The van der Waals surface area contributed by atoms with E-state index >= 15 is 0 Å². The second kappa shape index (κ2) is 10.2. The van der Waals surface area contributed by atoms with Gasteiger partial charge < -0.3 is 15.0 Å². The van der Waals surface area contributed by atoms with Crippen LogP contribution in [0, 0.1) is 0 Å². The number of hydrogen-bond donors (Lipinski definition) is 1. The van der Waals surface area contributed by atoms with Crippen molar-refractivity contribution in [3.8, 4) is 17.0 Å². The Kier molecular flexibility index (Phi) is 7.84. The van der Waals surface area contributed by atoms with E-state index in [0.717, 1.165) is 9.21 Å². The molecule has 1 aliphatic heterocycles. The van der Waals surface area contributed by atoms with E-state index in [1.165, 1.54) is 26.1 Å². The van der Waals surface area contributed by atoms with Gasteiger partial charge >= 0.3 is 6.18 Å². The van der Waals surface area contributed by atoms with Gasteiger partial charge in [0.05, 0.1) is 5.75 Å². The summed E-state index contributed by atoms with van der Waals surface area (Å²) >= 11 is 0. The molecule has 0 bridgehead atoms. The van der Waals surface area contributed by atoms with Crippen LogP contribution in [0.5, 0.6) is 5.88 Å². The van der Waals surface area contributed by atoms with Gasteiger partial charge in [-0.15, -0.1) is 0 Å². The van der Waals surface area contributed by atoms with Crippen molar-refractivity contribution in [3.63, 3.8) is 0 Å². The Balaban J connectivity index is 2.09. The van der Waals surface area contributed by atoms with E-state index < -0.39 is 34.4 Å². The van der Waals surface area contributed by atoms with Crippen molar-refractivity contribution in [2.75, 3.05) is 35.6 Å².